The van der Waals surface area contributed by atoms with Crippen molar-refractivity contribution in [1.29, 1.82) is 0 Å². The number of hydrogen-bond donors (Lipinski definition) is 2. The van der Waals surface area contributed by atoms with E-state index in [4.69, 9.17) is 0 Å². The first kappa shape index (κ1) is 23.5. The van der Waals surface area contributed by atoms with E-state index in [0.29, 0.717) is 6.04 Å². The summed E-state index contributed by atoms with van der Waals surface area (Å²) in [5.41, 5.74) is 2.55. The van der Waals surface area contributed by atoms with Crippen LogP contribution in [0.15, 0.2) is 29.3 Å². The van der Waals surface area contributed by atoms with Crippen molar-refractivity contribution in [2.45, 2.75) is 39.2 Å². The zero-order valence-electron chi connectivity index (χ0n) is 17.0. The Labute approximate surface area is 180 Å². The zero-order valence-corrected chi connectivity index (χ0v) is 19.3. The molecule has 0 spiro atoms. The van der Waals surface area contributed by atoms with E-state index in [2.05, 4.69) is 58.6 Å². The summed E-state index contributed by atoms with van der Waals surface area (Å²) in [6, 6.07) is 9.03. The lowest BCUT2D eigenvalue weighted by molar-refractivity contribution is -0.127. The Kier molecular flexibility index (Phi) is 10.5. The number of guanidine groups is 1. The highest BCUT2D eigenvalue weighted by atomic mass is 127. The predicted octanol–water partition coefficient (Wildman–Crippen LogP) is 2.62. The third kappa shape index (κ3) is 7.94. The van der Waals surface area contributed by atoms with Crippen LogP contribution >= 0.6 is 24.0 Å². The minimum Gasteiger partial charge on any atom is -0.369 e. The second-order valence-corrected chi connectivity index (χ2v) is 7.14. The Bertz CT molecular complexity index is 603. The summed E-state index contributed by atoms with van der Waals surface area (Å²) in [6.07, 6.45) is 3.27. The van der Waals surface area contributed by atoms with Gasteiger partial charge in [0.15, 0.2) is 5.96 Å². The van der Waals surface area contributed by atoms with Gasteiger partial charge < -0.3 is 20.4 Å². The molecule has 1 saturated heterocycles. The first-order valence-electron chi connectivity index (χ1n) is 9.56. The molecule has 0 aliphatic carbocycles. The van der Waals surface area contributed by atoms with Crippen LogP contribution in [0.3, 0.4) is 0 Å². The lowest BCUT2D eigenvalue weighted by Crippen LogP contribution is -2.51. The minimum atomic E-state index is 0. The molecule has 1 atom stereocenters. The number of nitrogens with zero attached hydrogens (tertiary/aromatic N) is 3. The van der Waals surface area contributed by atoms with E-state index >= 15 is 0 Å². The predicted molar refractivity (Wildman–Crippen MR) is 124 cm³/mol. The number of halogens is 1. The van der Waals surface area contributed by atoms with Gasteiger partial charge in [0, 0.05) is 45.5 Å². The van der Waals surface area contributed by atoms with Gasteiger partial charge in [-0.05, 0) is 38.3 Å². The van der Waals surface area contributed by atoms with E-state index in [9.17, 15) is 4.79 Å². The number of likely N-dealkylation sites (N-methyl/N-ethyl adjacent to an activating group) is 1. The average molecular weight is 487 g/mol. The first-order valence-corrected chi connectivity index (χ1v) is 9.56. The molecular weight excluding hydrogens is 453 g/mol. The number of aryl methyl sites for hydroxylation is 1. The molecule has 6 nitrogen and oxygen atoms in total. The summed E-state index contributed by atoms with van der Waals surface area (Å²) in [6.45, 7) is 7.26. The maximum absolute atomic E-state index is 11.8. The van der Waals surface area contributed by atoms with Gasteiger partial charge in [0.2, 0.25) is 5.91 Å². The molecule has 1 amide bonds. The van der Waals surface area contributed by atoms with Crippen molar-refractivity contribution < 1.29 is 4.79 Å². The SMILES string of the molecule is CCCNC(=NCC(=O)N(C)C)NC1CCCN(c2ccc(C)cc2)C1.I. The van der Waals surface area contributed by atoms with E-state index in [1.807, 2.05) is 0 Å². The summed E-state index contributed by atoms with van der Waals surface area (Å²) < 4.78 is 0. The molecule has 1 aliphatic rings. The van der Waals surface area contributed by atoms with Crippen molar-refractivity contribution in [3.05, 3.63) is 29.8 Å². The number of nitrogens with one attached hydrogen (secondary N) is 2. The highest BCUT2D eigenvalue weighted by Gasteiger charge is 2.21. The number of aliphatic imine (C=N–C) groups is 1. The van der Waals surface area contributed by atoms with Crippen LogP contribution in [0.25, 0.3) is 0 Å². The second-order valence-electron chi connectivity index (χ2n) is 7.14. The van der Waals surface area contributed by atoms with Gasteiger partial charge in [-0.2, -0.15) is 0 Å². The molecule has 7 heteroatoms. The van der Waals surface area contributed by atoms with Crippen molar-refractivity contribution >= 4 is 41.5 Å². The molecule has 1 unspecified atom stereocenters. The summed E-state index contributed by atoms with van der Waals surface area (Å²) in [5.74, 6) is 0.741. The molecule has 1 fully saturated rings. The topological polar surface area (TPSA) is 60.0 Å². The number of anilines is 1. The maximum atomic E-state index is 11.8. The molecule has 27 heavy (non-hydrogen) atoms. The van der Waals surface area contributed by atoms with Crippen LogP contribution in [0, 0.1) is 6.92 Å². The summed E-state index contributed by atoms with van der Waals surface area (Å²) in [5, 5.41) is 6.85. The maximum Gasteiger partial charge on any atom is 0.243 e. The molecule has 0 bridgehead atoms. The van der Waals surface area contributed by atoms with Gasteiger partial charge in [0.1, 0.15) is 6.54 Å². The molecule has 1 heterocycles. The molecule has 0 aromatic heterocycles. The standard InChI is InChI=1S/C20H33N5O.HI/c1-5-12-21-20(22-14-19(26)24(3)4)23-17-7-6-13-25(15-17)18-10-8-16(2)9-11-18;/h8-11,17H,5-7,12-15H2,1-4H3,(H2,21,22,23);1H. The molecule has 2 rings (SSSR count). The first-order chi connectivity index (χ1) is 12.5. The molecular formula is C20H34IN5O. The third-order valence-electron chi connectivity index (χ3n) is 4.58. The number of piperidine rings is 1. The van der Waals surface area contributed by atoms with Crippen molar-refractivity contribution in [2.24, 2.45) is 4.99 Å². The van der Waals surface area contributed by atoms with Gasteiger partial charge in [-0.25, -0.2) is 4.99 Å². The second kappa shape index (κ2) is 12.0. The Balaban J connectivity index is 0.00000364. The number of carbonyl (C=O) groups is 1. The number of carbonyl (C=O) groups excluding carboxylic acids is 1. The lowest BCUT2D eigenvalue weighted by Gasteiger charge is -2.35. The molecule has 0 saturated carbocycles. The van der Waals surface area contributed by atoms with Crippen LogP contribution in [0.4, 0.5) is 5.69 Å². The summed E-state index contributed by atoms with van der Waals surface area (Å²) in [4.78, 5) is 20.3. The highest BCUT2D eigenvalue weighted by Crippen LogP contribution is 2.20. The summed E-state index contributed by atoms with van der Waals surface area (Å²) >= 11 is 0. The Morgan fingerprint density at radius 2 is 2.00 bits per heavy atom. The van der Waals surface area contributed by atoms with Crippen molar-refractivity contribution in [3.8, 4) is 0 Å². The van der Waals surface area contributed by atoms with Gasteiger partial charge in [-0.1, -0.05) is 24.6 Å². The number of rotatable bonds is 6. The van der Waals surface area contributed by atoms with E-state index < -0.39 is 0 Å². The molecule has 152 valence electrons. The minimum absolute atomic E-state index is 0. The van der Waals surface area contributed by atoms with Gasteiger partial charge in [-0.15, -0.1) is 24.0 Å². The van der Waals surface area contributed by atoms with Crippen molar-refractivity contribution in [3.63, 3.8) is 0 Å². The quantitative estimate of drug-likeness (QED) is 0.368. The smallest absolute Gasteiger partial charge is 0.243 e. The Hall–Kier alpha value is -1.51. The van der Waals surface area contributed by atoms with Gasteiger partial charge >= 0.3 is 0 Å². The monoisotopic (exact) mass is 487 g/mol. The van der Waals surface area contributed by atoms with E-state index in [1.165, 1.54) is 11.3 Å². The number of benzene rings is 1. The number of hydrogen-bond acceptors (Lipinski definition) is 3. The molecule has 1 aliphatic heterocycles. The highest BCUT2D eigenvalue weighted by molar-refractivity contribution is 14.0. The Morgan fingerprint density at radius 3 is 2.63 bits per heavy atom. The van der Waals surface area contributed by atoms with Crippen molar-refractivity contribution in [2.75, 3.05) is 45.2 Å². The van der Waals surface area contributed by atoms with Gasteiger partial charge in [0.05, 0.1) is 0 Å². The van der Waals surface area contributed by atoms with Crippen LogP contribution in [-0.4, -0.2) is 63.1 Å². The van der Waals surface area contributed by atoms with Crippen LogP contribution in [0.1, 0.15) is 31.7 Å². The summed E-state index contributed by atoms with van der Waals surface area (Å²) in [7, 11) is 3.51. The molecule has 0 radical (unpaired) electrons. The lowest BCUT2D eigenvalue weighted by atomic mass is 10.0. The molecule has 2 N–H and O–H groups in total. The van der Waals surface area contributed by atoms with Crippen LogP contribution < -0.4 is 15.5 Å². The molecule has 1 aromatic rings. The van der Waals surface area contributed by atoms with Crippen molar-refractivity contribution in [1.82, 2.24) is 15.5 Å². The average Bonchev–Trinajstić information content (AvgIpc) is 2.64. The molecule has 1 aromatic carbocycles. The van der Waals surface area contributed by atoms with Gasteiger partial charge in [0.25, 0.3) is 0 Å². The van der Waals surface area contributed by atoms with Gasteiger partial charge in [-0.3, -0.25) is 4.79 Å². The van der Waals surface area contributed by atoms with Crippen LogP contribution in [-0.2, 0) is 4.79 Å². The van der Waals surface area contributed by atoms with Crippen LogP contribution in [0.5, 0.6) is 0 Å². The van der Waals surface area contributed by atoms with E-state index in [0.717, 1.165) is 44.9 Å². The largest absolute Gasteiger partial charge is 0.369 e. The fourth-order valence-electron chi connectivity index (χ4n) is 2.96. The van der Waals surface area contributed by atoms with Crippen LogP contribution in [0.2, 0.25) is 0 Å². The fourth-order valence-corrected chi connectivity index (χ4v) is 2.96. The zero-order chi connectivity index (χ0) is 18.9. The fraction of sp³-hybridized carbons (Fsp3) is 0.600. The van der Waals surface area contributed by atoms with E-state index in [1.54, 1.807) is 19.0 Å². The third-order valence-corrected chi connectivity index (χ3v) is 4.58. The van der Waals surface area contributed by atoms with E-state index in [-0.39, 0.29) is 36.4 Å². The normalized spacial score (nSPS) is 17.1. The Morgan fingerprint density at radius 1 is 1.30 bits per heavy atom. The number of amides is 1.